The minimum Gasteiger partial charge on any atom is -0.377 e. The maximum atomic E-state index is 12.7. The van der Waals surface area contributed by atoms with Crippen LogP contribution in [-0.4, -0.2) is 53.5 Å². The fourth-order valence-electron chi connectivity index (χ4n) is 8.12. The van der Waals surface area contributed by atoms with E-state index in [1.807, 2.05) is 11.8 Å². The topological polar surface area (TPSA) is 63.7 Å². The zero-order valence-electron chi connectivity index (χ0n) is 35.5. The molecule has 0 saturated carbocycles. The number of hydrogen-bond donors (Lipinski definition) is 1. The molecule has 0 unspecified atom stereocenters. The fourth-order valence-corrected chi connectivity index (χ4v) is 9.22. The lowest BCUT2D eigenvalue weighted by molar-refractivity contribution is -0.671. The number of para-hydroxylation sites is 2. The van der Waals surface area contributed by atoms with Gasteiger partial charge in [0.15, 0.2) is 6.20 Å². The summed E-state index contributed by atoms with van der Waals surface area (Å²) in [6.45, 7) is 2.37. The first kappa shape index (κ1) is 41.7. The number of anilines is 3. The van der Waals surface area contributed by atoms with Crippen molar-refractivity contribution in [2.75, 3.05) is 56.5 Å². The Hall–Kier alpha value is -5.41. The van der Waals surface area contributed by atoms with Crippen LogP contribution in [0.1, 0.15) is 69.8 Å². The maximum absolute atomic E-state index is 12.7. The van der Waals surface area contributed by atoms with Gasteiger partial charge in [-0.1, -0.05) is 36.0 Å². The van der Waals surface area contributed by atoms with Gasteiger partial charge in [0, 0.05) is 125 Å². The molecule has 306 valence electrons. The highest BCUT2D eigenvalue weighted by molar-refractivity contribution is 8.03. The number of unbranched alkanes of at least 4 members (excludes halogenated alkanes) is 4. The molecule has 0 atom stereocenters. The molecule has 0 fully saturated rings. The summed E-state index contributed by atoms with van der Waals surface area (Å²) in [4.78, 5) is 33.2. The summed E-state index contributed by atoms with van der Waals surface area (Å²) < 4.78 is 4.80. The molecule has 9 heteroatoms. The van der Waals surface area contributed by atoms with Crippen LogP contribution in [0.3, 0.4) is 0 Å². The molecule has 1 N–H and O–H groups in total. The Morgan fingerprint density at radius 3 is 2.03 bits per heavy atom. The van der Waals surface area contributed by atoms with Gasteiger partial charge in [-0.3, -0.25) is 9.59 Å². The zero-order chi connectivity index (χ0) is 41.3. The van der Waals surface area contributed by atoms with Crippen LogP contribution in [0, 0.1) is 0 Å². The number of fused-ring (bicyclic) bond motifs is 4. The molecule has 7 rings (SSSR count). The first-order valence-electron chi connectivity index (χ1n) is 21.3. The van der Waals surface area contributed by atoms with E-state index in [0.717, 1.165) is 51.6 Å². The van der Waals surface area contributed by atoms with E-state index >= 15 is 0 Å². The van der Waals surface area contributed by atoms with Crippen molar-refractivity contribution >= 4 is 79.3 Å². The van der Waals surface area contributed by atoms with E-state index in [9.17, 15) is 9.59 Å². The Labute approximate surface area is 354 Å². The van der Waals surface area contributed by atoms with Crippen LogP contribution in [-0.2, 0) is 22.7 Å². The molecule has 59 heavy (non-hydrogen) atoms. The van der Waals surface area contributed by atoms with Gasteiger partial charge in [-0.2, -0.15) is 9.13 Å². The molecule has 1 aliphatic heterocycles. The van der Waals surface area contributed by atoms with Crippen molar-refractivity contribution < 1.29 is 18.7 Å². The highest BCUT2D eigenvalue weighted by atomic mass is 32.2. The molecular formula is C50H60N6O2S+2. The predicted octanol–water partition coefficient (Wildman–Crippen LogP) is 9.68. The summed E-state index contributed by atoms with van der Waals surface area (Å²) in [5, 5.41) is 7.99. The third-order valence-corrected chi connectivity index (χ3v) is 12.7. The third-order valence-electron chi connectivity index (χ3n) is 11.6. The average Bonchev–Trinajstić information content (AvgIpc) is 3.56. The summed E-state index contributed by atoms with van der Waals surface area (Å²) >= 11 is 1.82. The van der Waals surface area contributed by atoms with Crippen LogP contribution in [0.15, 0.2) is 113 Å². The van der Waals surface area contributed by atoms with E-state index < -0.39 is 0 Å². The van der Waals surface area contributed by atoms with Gasteiger partial charge >= 0.3 is 0 Å². The van der Waals surface area contributed by atoms with E-state index in [-0.39, 0.29) is 5.91 Å². The summed E-state index contributed by atoms with van der Waals surface area (Å²) in [6.07, 6.45) is 12.6. The van der Waals surface area contributed by atoms with Crippen LogP contribution in [0.2, 0.25) is 0 Å². The molecule has 0 bridgehead atoms. The van der Waals surface area contributed by atoms with E-state index in [1.54, 1.807) is 0 Å². The Morgan fingerprint density at radius 1 is 0.678 bits per heavy atom. The van der Waals surface area contributed by atoms with Gasteiger partial charge in [-0.25, -0.2) is 0 Å². The Balaban J connectivity index is 0.797. The van der Waals surface area contributed by atoms with Gasteiger partial charge in [0.2, 0.25) is 22.5 Å². The van der Waals surface area contributed by atoms with Gasteiger partial charge < -0.3 is 20.0 Å². The highest BCUT2D eigenvalue weighted by Gasteiger charge is 2.22. The van der Waals surface area contributed by atoms with Gasteiger partial charge in [0.25, 0.3) is 0 Å². The summed E-state index contributed by atoms with van der Waals surface area (Å²) in [6, 6.07) is 35.1. The summed E-state index contributed by atoms with van der Waals surface area (Å²) in [5.41, 5.74) is 8.54. The largest absolute Gasteiger partial charge is 0.377 e. The van der Waals surface area contributed by atoms with Crippen molar-refractivity contribution in [3.8, 4) is 0 Å². The molecule has 0 spiro atoms. The van der Waals surface area contributed by atoms with E-state index in [1.165, 1.54) is 65.3 Å². The zero-order valence-corrected chi connectivity index (χ0v) is 36.4. The molecule has 1 amide bonds. The van der Waals surface area contributed by atoms with Crippen LogP contribution in [0.25, 0.3) is 38.8 Å². The van der Waals surface area contributed by atoms with Crippen molar-refractivity contribution in [2.24, 2.45) is 0 Å². The molecule has 0 saturated heterocycles. The van der Waals surface area contributed by atoms with Gasteiger partial charge in [-0.05, 0) is 92.3 Å². The first-order chi connectivity index (χ1) is 28.7. The number of hydrogen-bond acceptors (Lipinski definition) is 6. The van der Waals surface area contributed by atoms with Crippen LogP contribution in [0.4, 0.5) is 17.1 Å². The molecule has 0 aliphatic carbocycles. The molecule has 8 nitrogen and oxygen atoms in total. The second-order valence-electron chi connectivity index (χ2n) is 16.3. The van der Waals surface area contributed by atoms with Crippen LogP contribution >= 0.6 is 11.8 Å². The minimum absolute atomic E-state index is 0.0821. The second kappa shape index (κ2) is 19.6. The number of aryl methyl sites for hydroxylation is 2. The lowest BCUT2D eigenvalue weighted by atomic mass is 10.1. The van der Waals surface area contributed by atoms with E-state index in [4.69, 9.17) is 0 Å². The van der Waals surface area contributed by atoms with Gasteiger partial charge in [0.05, 0.1) is 16.1 Å². The minimum atomic E-state index is 0.0821. The Morgan fingerprint density at radius 2 is 1.32 bits per heavy atom. The number of nitrogens with one attached hydrogen (secondary N) is 1. The summed E-state index contributed by atoms with van der Waals surface area (Å²) in [7, 11) is 10.5. The van der Waals surface area contributed by atoms with E-state index in [2.05, 4.69) is 174 Å². The first-order valence-corrected chi connectivity index (χ1v) is 22.1. The number of nitrogens with zero attached hydrogens (tertiary/aromatic N) is 5. The lowest BCUT2D eigenvalue weighted by Crippen LogP contribution is -2.36. The van der Waals surface area contributed by atoms with E-state index in [0.29, 0.717) is 38.0 Å². The number of amides is 1. The Kier molecular flexibility index (Phi) is 13.8. The average molecular weight is 809 g/mol. The number of benzene rings is 4. The molecule has 6 aromatic rings. The molecule has 4 aromatic carbocycles. The molecular weight excluding hydrogens is 749 g/mol. The smallest absolute Gasteiger partial charge is 0.219 e. The lowest BCUT2D eigenvalue weighted by Gasteiger charge is -2.15. The number of carbonyl (C=O) groups excluding carboxylic acids is 2. The number of thioether (sulfide) groups is 1. The number of Topliss-reactive ketones (excluding diaryl/α,β-unsaturated/α-hetero) is 1. The number of carbonyl (C=O) groups is 2. The maximum Gasteiger partial charge on any atom is 0.219 e. The van der Waals surface area contributed by atoms with Crippen molar-refractivity contribution in [3.05, 3.63) is 114 Å². The standard InChI is InChI=1S/C50H59N6O2S/c1-52(2)40-26-24-38-33-39-25-27-41(53(3)4)36-47(39)56(46(38)35-40)31-15-6-8-17-42(57)18-16-29-51-49(58)23-9-7-14-30-55-32-28-37(43-19-10-11-20-44(43)55)34-50-54(5)45-21-12-13-22-48(45)59-50/h10-13,19-22,24-28,32-36H,6-9,14-18,23,29-31H2,1-5H3/q+1/p+1. The van der Waals surface area contributed by atoms with Gasteiger partial charge in [-0.15, -0.1) is 0 Å². The number of pyridine rings is 2. The number of rotatable bonds is 19. The molecule has 0 radical (unpaired) electrons. The van der Waals surface area contributed by atoms with Crippen molar-refractivity contribution in [1.29, 1.82) is 0 Å². The summed E-state index contributed by atoms with van der Waals surface area (Å²) in [5.74, 6) is 0.373. The molecule has 1 aliphatic rings. The SMILES string of the molecule is CN(C)c1ccc2cc3ccc(N(C)C)cc3[n+](CCCCCC(=O)CCCNC(=O)CCCCC[n+]3ccc(C=C4Sc5ccccc5N4C)c4ccccc43)c2c1. The van der Waals surface area contributed by atoms with Crippen molar-refractivity contribution in [3.63, 3.8) is 0 Å². The molecule has 2 aromatic heterocycles. The van der Waals surface area contributed by atoms with Crippen molar-refractivity contribution in [1.82, 2.24) is 5.32 Å². The van der Waals surface area contributed by atoms with Gasteiger partial charge in [0.1, 0.15) is 18.9 Å². The quantitative estimate of drug-likeness (QED) is 0.0500. The second-order valence-corrected chi connectivity index (χ2v) is 17.3. The third kappa shape index (κ3) is 10.3. The highest BCUT2D eigenvalue weighted by Crippen LogP contribution is 2.45. The number of ketones is 1. The molecule has 3 heterocycles. The van der Waals surface area contributed by atoms with Crippen LogP contribution in [0.5, 0.6) is 0 Å². The normalized spacial score (nSPS) is 13.1. The fraction of sp³-hybridized carbons (Fsp3) is 0.360. The number of aromatic nitrogens is 2. The predicted molar refractivity (Wildman–Crippen MR) is 247 cm³/mol. The van der Waals surface area contributed by atoms with Crippen molar-refractivity contribution in [2.45, 2.75) is 82.2 Å². The van der Waals surface area contributed by atoms with Crippen LogP contribution < -0.4 is 29.2 Å². The monoisotopic (exact) mass is 808 g/mol. The Bertz CT molecular complexity index is 2410.